The number of carboxylic acids is 2. The summed E-state index contributed by atoms with van der Waals surface area (Å²) in [4.78, 5) is 70.9. The van der Waals surface area contributed by atoms with Crippen LogP contribution in [0, 0.1) is 5.92 Å². The van der Waals surface area contributed by atoms with Crippen molar-refractivity contribution in [3.8, 4) is 11.3 Å². The largest absolute Gasteiger partial charge is 0.481 e. The summed E-state index contributed by atoms with van der Waals surface area (Å²) in [5.74, 6) is -5.06. The average Bonchev–Trinajstić information content (AvgIpc) is 3.46. The molecule has 3 unspecified atom stereocenters. The van der Waals surface area contributed by atoms with Crippen LogP contribution in [0.2, 0.25) is 0 Å². The fourth-order valence-electron chi connectivity index (χ4n) is 4.29. The number of hydrogen-bond acceptors (Lipinski definition) is 8. The number of aliphatic carboxylic acids is 2. The fourth-order valence-corrected chi connectivity index (χ4v) is 4.29. The van der Waals surface area contributed by atoms with E-state index in [9.17, 15) is 34.0 Å². The summed E-state index contributed by atoms with van der Waals surface area (Å²) in [6.45, 7) is 3.56. The summed E-state index contributed by atoms with van der Waals surface area (Å²) in [5.41, 5.74) is 0.593. The highest BCUT2D eigenvalue weighted by molar-refractivity contribution is 5.97. The maximum atomic E-state index is 12.9. The van der Waals surface area contributed by atoms with Crippen LogP contribution in [0.1, 0.15) is 73.3 Å². The lowest BCUT2D eigenvalue weighted by molar-refractivity contribution is -0.168. The summed E-state index contributed by atoms with van der Waals surface area (Å²) in [7, 11) is 0. The first kappa shape index (κ1) is 33.5. The number of carbonyl (C=O) groups is 6. The van der Waals surface area contributed by atoms with Crippen molar-refractivity contribution in [2.24, 2.45) is 5.92 Å². The summed E-state index contributed by atoms with van der Waals surface area (Å²) in [6.07, 6.45) is 2.87. The Morgan fingerprint density at radius 1 is 0.952 bits per heavy atom. The highest BCUT2D eigenvalue weighted by Crippen LogP contribution is 2.23. The van der Waals surface area contributed by atoms with Crippen LogP contribution >= 0.6 is 0 Å². The van der Waals surface area contributed by atoms with E-state index < -0.39 is 54.1 Å². The number of rotatable bonds is 18. The van der Waals surface area contributed by atoms with Crippen molar-refractivity contribution >= 4 is 36.1 Å². The molecule has 0 radical (unpaired) electrons. The standard InChI is InChI=1S/C28H36N4O10/c1-3-5-6-7-19(21(4-2)32(41)16-33)26(37)29-15-30-27(38)23-13-12-22(42-23)17-8-10-18(11-9-17)25(36)31-20(28(39)40)14-24(34)35/h8-13,16,19-21,41H,3-7,14-15H2,1-2H3,(H,29,37)(H,30,38)(H,31,36)(H,34,35)(H,39,40). The van der Waals surface area contributed by atoms with Crippen molar-refractivity contribution in [3.05, 3.63) is 47.7 Å². The van der Waals surface area contributed by atoms with E-state index in [-0.39, 0.29) is 24.4 Å². The van der Waals surface area contributed by atoms with Crippen LogP contribution < -0.4 is 16.0 Å². The molecule has 0 fully saturated rings. The summed E-state index contributed by atoms with van der Waals surface area (Å²) in [6, 6.07) is 6.45. The molecule has 6 N–H and O–H groups in total. The van der Waals surface area contributed by atoms with E-state index in [0.717, 1.165) is 19.3 Å². The Morgan fingerprint density at radius 3 is 2.21 bits per heavy atom. The first-order valence-corrected chi connectivity index (χ1v) is 13.5. The van der Waals surface area contributed by atoms with Gasteiger partial charge in [0.25, 0.3) is 11.8 Å². The zero-order chi connectivity index (χ0) is 31.2. The summed E-state index contributed by atoms with van der Waals surface area (Å²) < 4.78 is 5.60. The Hall–Kier alpha value is -4.72. The van der Waals surface area contributed by atoms with Gasteiger partial charge in [-0.05, 0) is 37.1 Å². The predicted octanol–water partition coefficient (Wildman–Crippen LogP) is 2.23. The van der Waals surface area contributed by atoms with Gasteiger partial charge in [0.15, 0.2) is 5.76 Å². The van der Waals surface area contributed by atoms with E-state index in [2.05, 4.69) is 16.0 Å². The van der Waals surface area contributed by atoms with Crippen molar-refractivity contribution in [1.82, 2.24) is 21.0 Å². The third-order valence-corrected chi connectivity index (χ3v) is 6.54. The van der Waals surface area contributed by atoms with Crippen LogP contribution in [0.4, 0.5) is 0 Å². The second kappa shape index (κ2) is 16.5. The monoisotopic (exact) mass is 588 g/mol. The lowest BCUT2D eigenvalue weighted by atomic mass is 9.90. The van der Waals surface area contributed by atoms with E-state index in [0.29, 0.717) is 29.2 Å². The van der Waals surface area contributed by atoms with E-state index in [1.165, 1.54) is 36.4 Å². The molecule has 1 heterocycles. The van der Waals surface area contributed by atoms with Gasteiger partial charge in [-0.2, -0.15) is 0 Å². The topological polar surface area (TPSA) is 216 Å². The Kier molecular flexibility index (Phi) is 13.2. The lowest BCUT2D eigenvalue weighted by Crippen LogP contribution is -2.47. The molecule has 228 valence electrons. The minimum absolute atomic E-state index is 0.0487. The second-order valence-corrected chi connectivity index (χ2v) is 9.49. The molecule has 0 saturated heterocycles. The molecule has 2 rings (SSSR count). The SMILES string of the molecule is CCCCCC(C(=O)NCNC(=O)c1ccc(-c2ccc(C(=O)NC(CC(=O)O)C(=O)O)cc2)o1)C(CC)N(O)C=O. The highest BCUT2D eigenvalue weighted by Gasteiger charge is 2.30. The molecule has 0 saturated carbocycles. The van der Waals surface area contributed by atoms with Crippen LogP contribution in [-0.2, 0) is 19.2 Å². The normalized spacial score (nSPS) is 12.8. The summed E-state index contributed by atoms with van der Waals surface area (Å²) >= 11 is 0. The minimum atomic E-state index is -1.59. The van der Waals surface area contributed by atoms with Crippen LogP contribution in [0.5, 0.6) is 0 Å². The van der Waals surface area contributed by atoms with Gasteiger partial charge in [0.1, 0.15) is 11.8 Å². The number of nitrogens with one attached hydrogen (secondary N) is 3. The van der Waals surface area contributed by atoms with Crippen molar-refractivity contribution in [2.45, 2.75) is 64.5 Å². The zero-order valence-electron chi connectivity index (χ0n) is 23.4. The highest BCUT2D eigenvalue weighted by atomic mass is 16.5. The number of carbonyl (C=O) groups excluding carboxylic acids is 4. The molecule has 1 aromatic heterocycles. The van der Waals surface area contributed by atoms with Crippen LogP contribution in [0.25, 0.3) is 11.3 Å². The fraction of sp³-hybridized carbons (Fsp3) is 0.429. The zero-order valence-corrected chi connectivity index (χ0v) is 23.4. The number of furan rings is 1. The second-order valence-electron chi connectivity index (χ2n) is 9.49. The molecule has 0 aliphatic rings. The molecular formula is C28H36N4O10. The van der Waals surface area contributed by atoms with Gasteiger partial charge < -0.3 is 30.6 Å². The molecule has 42 heavy (non-hydrogen) atoms. The Balaban J connectivity index is 1.98. The third-order valence-electron chi connectivity index (χ3n) is 6.54. The predicted molar refractivity (Wildman–Crippen MR) is 147 cm³/mol. The van der Waals surface area contributed by atoms with E-state index in [1.807, 2.05) is 6.92 Å². The van der Waals surface area contributed by atoms with Gasteiger partial charge in [0, 0.05) is 11.1 Å². The number of nitrogens with zero attached hydrogens (tertiary/aromatic N) is 1. The Bertz CT molecular complexity index is 1240. The van der Waals surface area contributed by atoms with Crippen LogP contribution in [0.3, 0.4) is 0 Å². The molecule has 0 aliphatic heterocycles. The third kappa shape index (κ3) is 9.73. The van der Waals surface area contributed by atoms with Gasteiger partial charge >= 0.3 is 11.9 Å². The van der Waals surface area contributed by atoms with Gasteiger partial charge in [-0.3, -0.25) is 29.2 Å². The van der Waals surface area contributed by atoms with Crippen molar-refractivity contribution in [1.29, 1.82) is 0 Å². The molecule has 14 heteroatoms. The van der Waals surface area contributed by atoms with Gasteiger partial charge in [-0.1, -0.05) is 45.2 Å². The minimum Gasteiger partial charge on any atom is -0.481 e. The molecule has 14 nitrogen and oxygen atoms in total. The molecule has 2 aromatic rings. The molecule has 3 atom stereocenters. The maximum Gasteiger partial charge on any atom is 0.326 e. The first-order chi connectivity index (χ1) is 20.0. The first-order valence-electron chi connectivity index (χ1n) is 13.5. The Morgan fingerprint density at radius 2 is 1.64 bits per heavy atom. The van der Waals surface area contributed by atoms with Crippen LogP contribution in [-0.4, -0.2) is 75.3 Å². The lowest BCUT2D eigenvalue weighted by Gasteiger charge is -2.29. The molecule has 0 spiro atoms. The van der Waals surface area contributed by atoms with Gasteiger partial charge in [-0.25, -0.2) is 9.86 Å². The molecule has 1 aromatic carbocycles. The van der Waals surface area contributed by atoms with Crippen LogP contribution in [0.15, 0.2) is 40.8 Å². The number of benzene rings is 1. The van der Waals surface area contributed by atoms with Crippen molar-refractivity contribution < 1.29 is 48.6 Å². The van der Waals surface area contributed by atoms with E-state index in [4.69, 9.17) is 14.6 Å². The number of unbranched alkanes of at least 4 members (excludes halogenated alkanes) is 2. The van der Waals surface area contributed by atoms with Gasteiger partial charge in [-0.15, -0.1) is 0 Å². The quantitative estimate of drug-likeness (QED) is 0.0491. The average molecular weight is 589 g/mol. The van der Waals surface area contributed by atoms with Gasteiger partial charge in [0.05, 0.1) is 25.0 Å². The molecular weight excluding hydrogens is 552 g/mol. The van der Waals surface area contributed by atoms with Crippen molar-refractivity contribution in [2.75, 3.05) is 6.67 Å². The van der Waals surface area contributed by atoms with E-state index in [1.54, 1.807) is 6.92 Å². The van der Waals surface area contributed by atoms with E-state index >= 15 is 0 Å². The summed E-state index contributed by atoms with van der Waals surface area (Å²) in [5, 5.41) is 35.6. The smallest absolute Gasteiger partial charge is 0.326 e. The maximum absolute atomic E-state index is 12.9. The Labute approximate surface area is 242 Å². The van der Waals surface area contributed by atoms with Gasteiger partial charge in [0.2, 0.25) is 12.3 Å². The number of amides is 4. The number of carboxylic acid groups (broad SMARTS) is 2. The molecule has 0 bridgehead atoms. The molecule has 0 aliphatic carbocycles. The molecule has 4 amide bonds. The number of hydrogen-bond donors (Lipinski definition) is 6. The van der Waals surface area contributed by atoms with Crippen molar-refractivity contribution in [3.63, 3.8) is 0 Å². The number of hydroxylamine groups is 2.